The maximum absolute atomic E-state index is 12.3. The first-order valence-electron chi connectivity index (χ1n) is 8.41. The molecule has 0 spiro atoms. The van der Waals surface area contributed by atoms with Crippen molar-refractivity contribution in [3.05, 3.63) is 71.8 Å². The summed E-state index contributed by atoms with van der Waals surface area (Å²) in [4.78, 5) is 24.4. The van der Waals surface area contributed by atoms with E-state index in [-0.39, 0.29) is 24.3 Å². The predicted molar refractivity (Wildman–Crippen MR) is 97.3 cm³/mol. The molecule has 5 heteroatoms. The van der Waals surface area contributed by atoms with Crippen LogP contribution in [0, 0.1) is 0 Å². The number of hydrogen-bond acceptors (Lipinski definition) is 3. The number of benzene rings is 2. The molecule has 2 rings (SSSR count). The van der Waals surface area contributed by atoms with Gasteiger partial charge in [-0.05, 0) is 31.0 Å². The first-order chi connectivity index (χ1) is 12.1. The van der Waals surface area contributed by atoms with Crippen molar-refractivity contribution in [3.8, 4) is 0 Å². The molecule has 2 unspecified atom stereocenters. The molecule has 0 saturated carbocycles. The Bertz CT molecular complexity index is 674. The van der Waals surface area contributed by atoms with Crippen LogP contribution in [-0.2, 0) is 4.79 Å². The van der Waals surface area contributed by atoms with E-state index in [1.165, 1.54) is 0 Å². The van der Waals surface area contributed by atoms with Crippen molar-refractivity contribution in [2.24, 2.45) is 0 Å². The third-order valence-electron chi connectivity index (χ3n) is 4.05. The van der Waals surface area contributed by atoms with E-state index in [0.29, 0.717) is 18.5 Å². The quantitative estimate of drug-likeness (QED) is 0.688. The number of rotatable bonds is 8. The SMILES string of the molecule is CC(NC(=O)c1ccccc1)C(=O)NCC(CCO)c1ccccc1. The second-order valence-electron chi connectivity index (χ2n) is 5.93. The number of aliphatic hydroxyl groups excluding tert-OH is 1. The summed E-state index contributed by atoms with van der Waals surface area (Å²) in [6, 6.07) is 17.9. The second kappa shape index (κ2) is 9.59. The van der Waals surface area contributed by atoms with Gasteiger partial charge in [-0.25, -0.2) is 0 Å². The summed E-state index contributed by atoms with van der Waals surface area (Å²) in [5.41, 5.74) is 1.59. The highest BCUT2D eigenvalue weighted by Gasteiger charge is 2.18. The Hall–Kier alpha value is -2.66. The first-order valence-corrected chi connectivity index (χ1v) is 8.41. The van der Waals surface area contributed by atoms with Crippen LogP contribution in [0.15, 0.2) is 60.7 Å². The lowest BCUT2D eigenvalue weighted by Crippen LogP contribution is -2.45. The molecule has 3 N–H and O–H groups in total. The van der Waals surface area contributed by atoms with Gasteiger partial charge in [0.25, 0.3) is 5.91 Å². The molecule has 132 valence electrons. The minimum absolute atomic E-state index is 0.0344. The summed E-state index contributed by atoms with van der Waals surface area (Å²) >= 11 is 0. The van der Waals surface area contributed by atoms with Gasteiger partial charge in [0, 0.05) is 24.6 Å². The average molecular weight is 340 g/mol. The summed E-state index contributed by atoms with van der Waals surface area (Å²) < 4.78 is 0. The van der Waals surface area contributed by atoms with Crippen LogP contribution in [0.25, 0.3) is 0 Å². The number of carbonyl (C=O) groups excluding carboxylic acids is 2. The largest absolute Gasteiger partial charge is 0.396 e. The second-order valence-corrected chi connectivity index (χ2v) is 5.93. The van der Waals surface area contributed by atoms with Crippen LogP contribution in [-0.4, -0.2) is 36.1 Å². The normalized spacial score (nSPS) is 12.9. The molecule has 0 radical (unpaired) electrons. The summed E-state index contributed by atoms with van der Waals surface area (Å²) in [5, 5.41) is 14.8. The number of hydrogen-bond donors (Lipinski definition) is 3. The minimum atomic E-state index is -0.641. The average Bonchev–Trinajstić information content (AvgIpc) is 2.66. The highest BCUT2D eigenvalue weighted by Crippen LogP contribution is 2.18. The molecule has 0 bridgehead atoms. The van der Waals surface area contributed by atoms with Crippen molar-refractivity contribution >= 4 is 11.8 Å². The molecule has 2 amide bonds. The molecule has 0 aliphatic carbocycles. The van der Waals surface area contributed by atoms with Crippen molar-refractivity contribution in [2.75, 3.05) is 13.2 Å². The van der Waals surface area contributed by atoms with Crippen LogP contribution in [0.2, 0.25) is 0 Å². The Morgan fingerprint density at radius 2 is 1.60 bits per heavy atom. The maximum Gasteiger partial charge on any atom is 0.251 e. The number of amides is 2. The van der Waals surface area contributed by atoms with Gasteiger partial charge >= 0.3 is 0 Å². The molecule has 5 nitrogen and oxygen atoms in total. The van der Waals surface area contributed by atoms with E-state index in [1.807, 2.05) is 36.4 Å². The molecule has 0 aliphatic heterocycles. The molecule has 0 heterocycles. The number of aliphatic hydroxyl groups is 1. The van der Waals surface area contributed by atoms with Crippen molar-refractivity contribution in [1.29, 1.82) is 0 Å². The van der Waals surface area contributed by atoms with Gasteiger partial charge in [0.2, 0.25) is 5.91 Å². The Labute approximate surface area is 148 Å². The Balaban J connectivity index is 1.88. The van der Waals surface area contributed by atoms with Crippen LogP contribution in [0.3, 0.4) is 0 Å². The van der Waals surface area contributed by atoms with Crippen molar-refractivity contribution < 1.29 is 14.7 Å². The summed E-state index contributed by atoms with van der Waals surface area (Å²) in [5.74, 6) is -0.492. The summed E-state index contributed by atoms with van der Waals surface area (Å²) in [6.45, 7) is 2.12. The molecule has 2 aromatic carbocycles. The maximum atomic E-state index is 12.3. The van der Waals surface area contributed by atoms with Crippen molar-refractivity contribution in [3.63, 3.8) is 0 Å². The smallest absolute Gasteiger partial charge is 0.251 e. The molecule has 2 aromatic rings. The highest BCUT2D eigenvalue weighted by atomic mass is 16.3. The zero-order valence-corrected chi connectivity index (χ0v) is 14.3. The fourth-order valence-corrected chi connectivity index (χ4v) is 2.58. The fraction of sp³-hybridized carbons (Fsp3) is 0.300. The topological polar surface area (TPSA) is 78.4 Å². The third kappa shape index (κ3) is 5.72. The van der Waals surface area contributed by atoms with E-state index in [0.717, 1.165) is 5.56 Å². The molecule has 0 saturated heterocycles. The van der Waals surface area contributed by atoms with Gasteiger partial charge in [-0.15, -0.1) is 0 Å². The molecule has 0 aliphatic rings. The zero-order chi connectivity index (χ0) is 18.1. The molecular formula is C20H24N2O3. The van der Waals surface area contributed by atoms with Gasteiger partial charge in [-0.2, -0.15) is 0 Å². The molecule has 0 aromatic heterocycles. The van der Waals surface area contributed by atoms with Gasteiger partial charge in [0.05, 0.1) is 0 Å². The van der Waals surface area contributed by atoms with E-state index in [4.69, 9.17) is 0 Å². The van der Waals surface area contributed by atoms with Crippen molar-refractivity contribution in [1.82, 2.24) is 10.6 Å². The highest BCUT2D eigenvalue weighted by molar-refractivity contribution is 5.97. The summed E-state index contributed by atoms with van der Waals surface area (Å²) in [6.07, 6.45) is 0.565. The van der Waals surface area contributed by atoms with Crippen molar-refractivity contribution in [2.45, 2.75) is 25.3 Å². The third-order valence-corrected chi connectivity index (χ3v) is 4.05. The predicted octanol–water partition coefficient (Wildman–Crippen LogP) is 2.09. The van der Waals surface area contributed by atoms with E-state index in [1.54, 1.807) is 31.2 Å². The molecule has 2 atom stereocenters. The van der Waals surface area contributed by atoms with E-state index in [9.17, 15) is 14.7 Å². The standard InChI is InChI=1S/C20H24N2O3/c1-15(22-20(25)17-10-6-3-7-11-17)19(24)21-14-18(12-13-23)16-8-4-2-5-9-16/h2-11,15,18,23H,12-14H2,1H3,(H,21,24)(H,22,25). The van der Waals surface area contributed by atoms with Crippen LogP contribution >= 0.6 is 0 Å². The first kappa shape index (κ1) is 18.7. The van der Waals surface area contributed by atoms with Crippen LogP contribution in [0.5, 0.6) is 0 Å². The lowest BCUT2D eigenvalue weighted by Gasteiger charge is -2.19. The monoisotopic (exact) mass is 340 g/mol. The Morgan fingerprint density at radius 1 is 1.00 bits per heavy atom. The minimum Gasteiger partial charge on any atom is -0.396 e. The van der Waals surface area contributed by atoms with Gasteiger partial charge in [0.15, 0.2) is 0 Å². The van der Waals surface area contributed by atoms with Gasteiger partial charge in [-0.1, -0.05) is 48.5 Å². The molecule has 0 fully saturated rings. The van der Waals surface area contributed by atoms with Gasteiger partial charge < -0.3 is 15.7 Å². The van der Waals surface area contributed by atoms with Crippen LogP contribution in [0.4, 0.5) is 0 Å². The van der Waals surface area contributed by atoms with Gasteiger partial charge in [-0.3, -0.25) is 9.59 Å². The Morgan fingerprint density at radius 3 is 2.20 bits per heavy atom. The zero-order valence-electron chi connectivity index (χ0n) is 14.3. The number of carbonyl (C=O) groups is 2. The summed E-state index contributed by atoms with van der Waals surface area (Å²) in [7, 11) is 0. The van der Waals surface area contributed by atoms with E-state index < -0.39 is 6.04 Å². The molecule has 25 heavy (non-hydrogen) atoms. The lowest BCUT2D eigenvalue weighted by molar-refractivity contribution is -0.122. The lowest BCUT2D eigenvalue weighted by atomic mass is 9.96. The van der Waals surface area contributed by atoms with Crippen LogP contribution < -0.4 is 10.6 Å². The molecular weight excluding hydrogens is 316 g/mol. The van der Waals surface area contributed by atoms with Gasteiger partial charge in [0.1, 0.15) is 6.04 Å². The Kier molecular flexibility index (Phi) is 7.16. The number of nitrogens with one attached hydrogen (secondary N) is 2. The van der Waals surface area contributed by atoms with E-state index >= 15 is 0 Å². The fourth-order valence-electron chi connectivity index (χ4n) is 2.58. The van der Waals surface area contributed by atoms with E-state index in [2.05, 4.69) is 10.6 Å². The van der Waals surface area contributed by atoms with Crippen LogP contribution in [0.1, 0.15) is 35.2 Å².